The fraction of sp³-hybridized carbons (Fsp3) is 0.167. The molecule has 0 unspecified atom stereocenters. The average Bonchev–Trinajstić information content (AvgIpc) is 2.64. The van der Waals surface area contributed by atoms with Crippen molar-refractivity contribution in [3.8, 4) is 17.2 Å². The number of ketones is 1. The number of benzene rings is 2. The lowest BCUT2D eigenvalue weighted by molar-refractivity contribution is -0.384. The molecular formula is C18H17NO6. The number of hydrogen-bond acceptors (Lipinski definition) is 6. The van der Waals surface area contributed by atoms with Crippen molar-refractivity contribution in [2.45, 2.75) is 0 Å². The van der Waals surface area contributed by atoms with Gasteiger partial charge in [0.2, 0.25) is 5.75 Å². The van der Waals surface area contributed by atoms with Gasteiger partial charge in [0.1, 0.15) is 0 Å². The Kier molecular flexibility index (Phi) is 5.73. The molecule has 0 amide bonds. The van der Waals surface area contributed by atoms with E-state index in [-0.39, 0.29) is 11.5 Å². The van der Waals surface area contributed by atoms with Crippen LogP contribution in [-0.2, 0) is 0 Å². The Bertz CT molecular complexity index is 786. The summed E-state index contributed by atoms with van der Waals surface area (Å²) in [6.45, 7) is 0. The molecule has 130 valence electrons. The molecule has 0 aliphatic carbocycles. The first kappa shape index (κ1) is 18.0. The molecule has 0 aliphatic rings. The predicted molar refractivity (Wildman–Crippen MR) is 92.6 cm³/mol. The highest BCUT2D eigenvalue weighted by Crippen LogP contribution is 2.38. The van der Waals surface area contributed by atoms with Crippen LogP contribution in [0.25, 0.3) is 6.08 Å². The molecule has 0 fully saturated rings. The summed E-state index contributed by atoms with van der Waals surface area (Å²) in [5, 5.41) is 10.6. The van der Waals surface area contributed by atoms with Crippen LogP contribution in [0.15, 0.2) is 42.5 Å². The zero-order valence-electron chi connectivity index (χ0n) is 14.0. The number of carbonyl (C=O) groups excluding carboxylic acids is 1. The van der Waals surface area contributed by atoms with E-state index in [1.165, 1.54) is 39.5 Å². The lowest BCUT2D eigenvalue weighted by Crippen LogP contribution is -2.00. The van der Waals surface area contributed by atoms with E-state index in [4.69, 9.17) is 14.2 Å². The largest absolute Gasteiger partial charge is 0.493 e. The van der Waals surface area contributed by atoms with Gasteiger partial charge in [-0.15, -0.1) is 0 Å². The van der Waals surface area contributed by atoms with Crippen molar-refractivity contribution in [1.29, 1.82) is 0 Å². The van der Waals surface area contributed by atoms with E-state index in [1.54, 1.807) is 30.3 Å². The second kappa shape index (κ2) is 7.96. The molecule has 0 spiro atoms. The Balaban J connectivity index is 2.26. The van der Waals surface area contributed by atoms with Gasteiger partial charge in [-0.25, -0.2) is 0 Å². The second-order valence-corrected chi connectivity index (χ2v) is 4.96. The number of non-ortho nitro benzene ring substituents is 1. The Morgan fingerprint density at radius 3 is 2.00 bits per heavy atom. The van der Waals surface area contributed by atoms with Crippen molar-refractivity contribution in [3.05, 3.63) is 63.7 Å². The maximum absolute atomic E-state index is 12.4. The van der Waals surface area contributed by atoms with Gasteiger partial charge < -0.3 is 14.2 Å². The summed E-state index contributed by atoms with van der Waals surface area (Å²) in [6.07, 6.45) is 2.96. The monoisotopic (exact) mass is 343 g/mol. The van der Waals surface area contributed by atoms with Crippen LogP contribution in [-0.4, -0.2) is 32.0 Å². The molecule has 2 aromatic carbocycles. The normalized spacial score (nSPS) is 10.5. The Morgan fingerprint density at radius 2 is 1.56 bits per heavy atom. The number of allylic oxidation sites excluding steroid dienone is 1. The zero-order chi connectivity index (χ0) is 18.4. The van der Waals surface area contributed by atoms with Gasteiger partial charge in [-0.1, -0.05) is 6.08 Å². The van der Waals surface area contributed by atoms with Crippen molar-refractivity contribution < 1.29 is 23.9 Å². The van der Waals surface area contributed by atoms with Crippen molar-refractivity contribution >= 4 is 17.5 Å². The summed E-state index contributed by atoms with van der Waals surface area (Å²) in [4.78, 5) is 22.5. The highest BCUT2D eigenvalue weighted by Gasteiger charge is 2.15. The Labute approximate surface area is 144 Å². The molecule has 0 aromatic heterocycles. The minimum Gasteiger partial charge on any atom is -0.493 e. The zero-order valence-corrected chi connectivity index (χ0v) is 14.0. The van der Waals surface area contributed by atoms with Crippen LogP contribution >= 0.6 is 0 Å². The molecule has 0 aliphatic heterocycles. The molecule has 0 saturated heterocycles. The van der Waals surface area contributed by atoms with E-state index in [9.17, 15) is 14.9 Å². The van der Waals surface area contributed by atoms with Crippen LogP contribution in [0.4, 0.5) is 5.69 Å². The van der Waals surface area contributed by atoms with Crippen LogP contribution in [0.5, 0.6) is 17.2 Å². The predicted octanol–water partition coefficient (Wildman–Crippen LogP) is 3.52. The van der Waals surface area contributed by atoms with Gasteiger partial charge in [0.05, 0.1) is 26.3 Å². The highest BCUT2D eigenvalue weighted by atomic mass is 16.6. The van der Waals surface area contributed by atoms with Gasteiger partial charge in [0.25, 0.3) is 5.69 Å². The molecule has 7 nitrogen and oxygen atoms in total. The lowest BCUT2D eigenvalue weighted by Gasteiger charge is -2.13. The minimum absolute atomic E-state index is 0.00639. The minimum atomic E-state index is -0.478. The van der Waals surface area contributed by atoms with Crippen molar-refractivity contribution in [2.75, 3.05) is 21.3 Å². The summed E-state index contributed by atoms with van der Waals surface area (Å²) in [7, 11) is 4.42. The SMILES string of the molecule is COc1cc(C(=O)C=Cc2ccc([N+](=O)[O-])cc2)cc(OC)c1OC. The number of nitrogens with zero attached hydrogens (tertiary/aromatic N) is 1. The van der Waals surface area contributed by atoms with Crippen LogP contribution in [0.1, 0.15) is 15.9 Å². The fourth-order valence-corrected chi connectivity index (χ4v) is 2.20. The summed E-state index contributed by atoms with van der Waals surface area (Å²) in [5.41, 5.74) is 1.03. The maximum Gasteiger partial charge on any atom is 0.269 e. The van der Waals surface area contributed by atoms with Crippen LogP contribution < -0.4 is 14.2 Å². The Morgan fingerprint density at radius 1 is 1.00 bits per heavy atom. The third kappa shape index (κ3) is 4.14. The first-order chi connectivity index (χ1) is 12.0. The van der Waals surface area contributed by atoms with Gasteiger partial charge in [-0.2, -0.15) is 0 Å². The van der Waals surface area contributed by atoms with Crippen molar-refractivity contribution in [1.82, 2.24) is 0 Å². The third-order valence-electron chi connectivity index (χ3n) is 3.48. The van der Waals surface area contributed by atoms with Gasteiger partial charge in [-0.05, 0) is 35.9 Å². The molecule has 7 heteroatoms. The lowest BCUT2D eigenvalue weighted by atomic mass is 10.1. The molecule has 25 heavy (non-hydrogen) atoms. The van der Waals surface area contributed by atoms with Gasteiger partial charge in [0.15, 0.2) is 17.3 Å². The number of nitro benzene ring substituents is 1. The topological polar surface area (TPSA) is 87.9 Å². The summed E-state index contributed by atoms with van der Waals surface area (Å²) < 4.78 is 15.7. The molecule has 0 N–H and O–H groups in total. The number of methoxy groups -OCH3 is 3. The Hall–Kier alpha value is -3.35. The number of nitro groups is 1. The molecular weight excluding hydrogens is 326 g/mol. The van der Waals surface area contributed by atoms with E-state index in [1.807, 2.05) is 0 Å². The summed E-state index contributed by atoms with van der Waals surface area (Å²) in [5.74, 6) is 0.904. The fourth-order valence-electron chi connectivity index (χ4n) is 2.20. The molecule has 2 rings (SSSR count). The van der Waals surface area contributed by atoms with E-state index >= 15 is 0 Å². The van der Waals surface area contributed by atoms with Crippen molar-refractivity contribution in [2.24, 2.45) is 0 Å². The number of hydrogen-bond donors (Lipinski definition) is 0. The standard InChI is InChI=1S/C18H17NO6/c1-23-16-10-13(11-17(24-2)18(16)25-3)15(20)9-6-12-4-7-14(8-5-12)19(21)22/h4-11H,1-3H3. The molecule has 0 heterocycles. The van der Waals surface area contributed by atoms with E-state index < -0.39 is 4.92 Å². The van der Waals surface area contributed by atoms with E-state index in [2.05, 4.69) is 0 Å². The molecule has 0 saturated carbocycles. The smallest absolute Gasteiger partial charge is 0.269 e. The summed E-state index contributed by atoms with van der Waals surface area (Å²) >= 11 is 0. The third-order valence-corrected chi connectivity index (χ3v) is 3.48. The van der Waals surface area contributed by atoms with Crippen LogP contribution in [0.3, 0.4) is 0 Å². The van der Waals surface area contributed by atoms with Gasteiger partial charge >= 0.3 is 0 Å². The first-order valence-electron chi connectivity index (χ1n) is 7.27. The van der Waals surface area contributed by atoms with E-state index in [0.717, 1.165) is 0 Å². The summed E-state index contributed by atoms with van der Waals surface area (Å²) in [6, 6.07) is 9.01. The quantitative estimate of drug-likeness (QED) is 0.331. The molecule has 0 atom stereocenters. The average molecular weight is 343 g/mol. The van der Waals surface area contributed by atoms with Crippen LogP contribution in [0, 0.1) is 10.1 Å². The van der Waals surface area contributed by atoms with Gasteiger partial charge in [-0.3, -0.25) is 14.9 Å². The molecule has 0 bridgehead atoms. The number of ether oxygens (including phenoxy) is 3. The number of carbonyl (C=O) groups is 1. The van der Waals surface area contributed by atoms with Crippen molar-refractivity contribution in [3.63, 3.8) is 0 Å². The second-order valence-electron chi connectivity index (χ2n) is 4.96. The number of rotatable bonds is 7. The highest BCUT2D eigenvalue weighted by molar-refractivity contribution is 6.07. The van der Waals surface area contributed by atoms with E-state index in [0.29, 0.717) is 28.4 Å². The van der Waals surface area contributed by atoms with Gasteiger partial charge in [0, 0.05) is 17.7 Å². The first-order valence-corrected chi connectivity index (χ1v) is 7.27. The molecule has 0 radical (unpaired) electrons. The molecule has 2 aromatic rings. The maximum atomic E-state index is 12.4. The van der Waals surface area contributed by atoms with Crippen LogP contribution in [0.2, 0.25) is 0 Å².